The molecular weight excluding hydrogens is 218 g/mol. The third kappa shape index (κ3) is 1.36. The summed E-state index contributed by atoms with van der Waals surface area (Å²) in [5.41, 5.74) is 0.223. The Morgan fingerprint density at radius 3 is 2.93 bits per heavy atom. The van der Waals surface area contributed by atoms with E-state index in [0.717, 1.165) is 0 Å². The second-order valence-corrected chi connectivity index (χ2v) is 4.70. The van der Waals surface area contributed by atoms with Gasteiger partial charge < -0.3 is 15.0 Å². The first kappa shape index (κ1) is 10.5. The summed E-state index contributed by atoms with van der Waals surface area (Å²) in [6.07, 6.45) is 0. The van der Waals surface area contributed by atoms with Crippen molar-refractivity contribution in [2.24, 2.45) is 5.92 Å². The summed E-state index contributed by atoms with van der Waals surface area (Å²) < 4.78 is 0. The molecule has 6 heteroatoms. The maximum Gasteiger partial charge on any atom is 0.233 e. The molecule has 5 nitrogen and oxygen atoms in total. The van der Waals surface area contributed by atoms with Crippen LogP contribution in [0.5, 0.6) is 0 Å². The predicted molar refractivity (Wildman–Crippen MR) is 51.4 cm³/mol. The van der Waals surface area contributed by atoms with Gasteiger partial charge in [0.05, 0.1) is 29.6 Å². The van der Waals surface area contributed by atoms with Crippen molar-refractivity contribution >= 4 is 23.6 Å². The number of hydrogen-bond acceptors (Lipinski definition) is 5. The summed E-state index contributed by atoms with van der Waals surface area (Å²) in [4.78, 5) is 23.6. The minimum Gasteiger partial charge on any atom is -0.543 e. The van der Waals surface area contributed by atoms with Crippen LogP contribution in [0, 0.1) is 5.92 Å². The van der Waals surface area contributed by atoms with Crippen LogP contribution in [0.1, 0.15) is 6.92 Å². The molecule has 82 valence electrons. The first-order valence-electron chi connectivity index (χ1n) is 4.56. The number of carbonyl (C=O) groups is 2. The van der Waals surface area contributed by atoms with E-state index in [2.05, 4.69) is 0 Å². The maximum atomic E-state index is 11.5. The Bertz CT molecular complexity index is 365. The van der Waals surface area contributed by atoms with Crippen LogP contribution < -0.4 is 5.11 Å². The van der Waals surface area contributed by atoms with Gasteiger partial charge in [0.2, 0.25) is 5.91 Å². The number of hydrogen-bond donors (Lipinski definition) is 1. The molecule has 0 aromatic heterocycles. The molecule has 0 spiro atoms. The molecule has 2 aliphatic heterocycles. The monoisotopic (exact) mass is 228 g/mol. The largest absolute Gasteiger partial charge is 0.543 e. The molecule has 2 heterocycles. The van der Waals surface area contributed by atoms with Crippen LogP contribution >= 0.6 is 11.8 Å². The lowest BCUT2D eigenvalue weighted by Gasteiger charge is -2.49. The molecular formula is C9H10NO4S-. The van der Waals surface area contributed by atoms with Gasteiger partial charge in [0, 0.05) is 5.75 Å². The standard InChI is InChI=1S/C9H11NO4S/c1-4-7(12)10-6(9(13)14)5(2-11)3-15-8(4)10/h4,8,11H,2-3H2,1H3,(H,13,14)/p-1/t4-,8-/m1/s1. The lowest BCUT2D eigenvalue weighted by Crippen LogP contribution is -2.61. The fraction of sp³-hybridized carbons (Fsp3) is 0.556. The Hall–Kier alpha value is -1.01. The van der Waals surface area contributed by atoms with Crippen molar-refractivity contribution in [2.45, 2.75) is 12.3 Å². The zero-order chi connectivity index (χ0) is 11.2. The summed E-state index contributed by atoms with van der Waals surface area (Å²) in [6.45, 7) is 1.43. The van der Waals surface area contributed by atoms with Crippen molar-refractivity contribution in [1.29, 1.82) is 0 Å². The molecule has 15 heavy (non-hydrogen) atoms. The van der Waals surface area contributed by atoms with Crippen molar-refractivity contribution in [3.63, 3.8) is 0 Å². The average Bonchev–Trinajstić information content (AvgIpc) is 2.25. The third-order valence-electron chi connectivity index (χ3n) is 2.70. The van der Waals surface area contributed by atoms with E-state index in [4.69, 9.17) is 5.11 Å². The number of fused-ring (bicyclic) bond motifs is 1. The number of aliphatic carboxylic acids is 1. The highest BCUT2D eigenvalue weighted by atomic mass is 32.2. The number of thioether (sulfide) groups is 1. The van der Waals surface area contributed by atoms with Crippen molar-refractivity contribution < 1.29 is 19.8 Å². The van der Waals surface area contributed by atoms with Gasteiger partial charge in [-0.25, -0.2) is 0 Å². The van der Waals surface area contributed by atoms with E-state index in [1.165, 1.54) is 16.7 Å². The smallest absolute Gasteiger partial charge is 0.233 e. The Labute approximate surface area is 90.8 Å². The van der Waals surface area contributed by atoms with E-state index in [1.54, 1.807) is 6.92 Å². The van der Waals surface area contributed by atoms with E-state index in [1.807, 2.05) is 0 Å². The van der Waals surface area contributed by atoms with Gasteiger partial charge in [-0.1, -0.05) is 6.92 Å². The molecule has 0 bridgehead atoms. The molecule has 2 rings (SSSR count). The summed E-state index contributed by atoms with van der Waals surface area (Å²) in [7, 11) is 0. The number of β-lactam (4-membered cyclic amide) rings is 1. The number of amides is 1. The fourth-order valence-electron chi connectivity index (χ4n) is 1.85. The van der Waals surface area contributed by atoms with Crippen LogP contribution in [0.15, 0.2) is 11.3 Å². The van der Waals surface area contributed by atoms with Crippen LogP contribution in [0.4, 0.5) is 0 Å². The number of carboxylic acids is 1. The fourth-order valence-corrected chi connectivity index (χ4v) is 3.22. The van der Waals surface area contributed by atoms with E-state index >= 15 is 0 Å². The predicted octanol–water partition coefficient (Wildman–Crippen LogP) is -1.47. The first-order valence-corrected chi connectivity index (χ1v) is 5.61. The number of aliphatic hydroxyl groups is 1. The van der Waals surface area contributed by atoms with Crippen LogP contribution in [-0.2, 0) is 9.59 Å². The molecule has 0 unspecified atom stereocenters. The molecule has 2 aliphatic rings. The molecule has 1 saturated heterocycles. The first-order chi connectivity index (χ1) is 7.07. The Kier molecular flexibility index (Phi) is 2.47. The maximum absolute atomic E-state index is 11.5. The zero-order valence-electron chi connectivity index (χ0n) is 8.10. The highest BCUT2D eigenvalue weighted by molar-refractivity contribution is 8.00. The van der Waals surface area contributed by atoms with Crippen LogP contribution in [-0.4, -0.2) is 39.6 Å². The normalized spacial score (nSPS) is 30.0. The van der Waals surface area contributed by atoms with Crippen molar-refractivity contribution in [3.8, 4) is 0 Å². The summed E-state index contributed by atoms with van der Waals surface area (Å²) in [6, 6.07) is 0. The Morgan fingerprint density at radius 2 is 2.40 bits per heavy atom. The lowest BCUT2D eigenvalue weighted by molar-refractivity contribution is -0.301. The number of carbonyl (C=O) groups excluding carboxylic acids is 2. The van der Waals surface area contributed by atoms with Crippen molar-refractivity contribution in [3.05, 3.63) is 11.3 Å². The van der Waals surface area contributed by atoms with Gasteiger partial charge in [0.25, 0.3) is 0 Å². The van der Waals surface area contributed by atoms with Gasteiger partial charge in [-0.05, 0) is 5.57 Å². The van der Waals surface area contributed by atoms with Gasteiger partial charge in [0.1, 0.15) is 0 Å². The van der Waals surface area contributed by atoms with E-state index in [9.17, 15) is 14.7 Å². The van der Waals surface area contributed by atoms with Gasteiger partial charge in [0.15, 0.2) is 0 Å². The van der Waals surface area contributed by atoms with E-state index in [0.29, 0.717) is 11.3 Å². The molecule has 0 aromatic carbocycles. The molecule has 1 amide bonds. The van der Waals surface area contributed by atoms with Gasteiger partial charge in [-0.15, -0.1) is 11.8 Å². The second-order valence-electron chi connectivity index (χ2n) is 3.60. The highest BCUT2D eigenvalue weighted by Gasteiger charge is 2.49. The lowest BCUT2D eigenvalue weighted by atomic mass is 9.98. The quantitative estimate of drug-likeness (QED) is 0.584. The summed E-state index contributed by atoms with van der Waals surface area (Å²) in [5, 5.41) is 19.8. The van der Waals surface area contributed by atoms with Crippen LogP contribution in [0.2, 0.25) is 0 Å². The molecule has 0 saturated carbocycles. The molecule has 0 aromatic rings. The summed E-state index contributed by atoms with van der Waals surface area (Å²) >= 11 is 1.47. The number of aliphatic hydroxyl groups excluding tert-OH is 1. The van der Waals surface area contributed by atoms with Crippen LogP contribution in [0.25, 0.3) is 0 Å². The second kappa shape index (κ2) is 3.53. The highest BCUT2D eigenvalue weighted by Crippen LogP contribution is 2.42. The molecule has 2 atom stereocenters. The topological polar surface area (TPSA) is 80.7 Å². The number of nitrogens with zero attached hydrogens (tertiary/aromatic N) is 1. The number of carboxylic acid groups (broad SMARTS) is 1. The summed E-state index contributed by atoms with van der Waals surface area (Å²) in [5.74, 6) is -1.30. The SMILES string of the molecule is C[C@@H]1C(=O)N2C(C(=O)[O-])=C(CO)CS[C@H]12. The van der Waals surface area contributed by atoms with Gasteiger partial charge in [-0.3, -0.25) is 9.69 Å². The molecule has 0 radical (unpaired) electrons. The molecule has 1 fully saturated rings. The van der Waals surface area contributed by atoms with Gasteiger partial charge in [-0.2, -0.15) is 0 Å². The molecule has 1 N–H and O–H groups in total. The third-order valence-corrected chi connectivity index (χ3v) is 4.17. The minimum absolute atomic E-state index is 0.110. The van der Waals surface area contributed by atoms with E-state index < -0.39 is 5.97 Å². The Balaban J connectivity index is 2.38. The molecule has 0 aliphatic carbocycles. The number of rotatable bonds is 2. The Morgan fingerprint density at radius 1 is 1.73 bits per heavy atom. The van der Waals surface area contributed by atoms with Crippen LogP contribution in [0.3, 0.4) is 0 Å². The average molecular weight is 228 g/mol. The van der Waals surface area contributed by atoms with Gasteiger partial charge >= 0.3 is 0 Å². The van der Waals surface area contributed by atoms with Crippen molar-refractivity contribution in [1.82, 2.24) is 4.90 Å². The van der Waals surface area contributed by atoms with E-state index in [-0.39, 0.29) is 29.5 Å². The minimum atomic E-state index is -1.38. The van der Waals surface area contributed by atoms with Crippen molar-refractivity contribution in [2.75, 3.05) is 12.4 Å². The zero-order valence-corrected chi connectivity index (χ0v) is 8.91.